The van der Waals surface area contributed by atoms with Gasteiger partial charge < -0.3 is 14.2 Å². The van der Waals surface area contributed by atoms with Crippen LogP contribution in [0.4, 0.5) is 4.79 Å². The number of rotatable bonds is 5. The van der Waals surface area contributed by atoms with E-state index in [2.05, 4.69) is 26.7 Å². The van der Waals surface area contributed by atoms with Crippen LogP contribution in [-0.4, -0.2) is 62.9 Å². The Labute approximate surface area is 156 Å². The molecule has 0 N–H and O–H groups in total. The number of amides is 1. The minimum Gasteiger partial charge on any atom is -0.444 e. The van der Waals surface area contributed by atoms with Gasteiger partial charge in [0, 0.05) is 26.6 Å². The first-order chi connectivity index (χ1) is 12.2. The summed E-state index contributed by atoms with van der Waals surface area (Å²) in [6.45, 7) is 9.41. The van der Waals surface area contributed by atoms with E-state index in [1.165, 1.54) is 12.8 Å². The van der Waals surface area contributed by atoms with E-state index in [9.17, 15) is 4.79 Å². The quantitative estimate of drug-likeness (QED) is 0.805. The summed E-state index contributed by atoms with van der Waals surface area (Å²) in [7, 11) is 3.92. The smallest absolute Gasteiger partial charge is 0.410 e. The number of nitrogens with zero attached hydrogens (tertiary/aromatic N) is 5. The third kappa shape index (κ3) is 4.96. The fourth-order valence-electron chi connectivity index (χ4n) is 3.54. The van der Waals surface area contributed by atoms with E-state index in [1.807, 2.05) is 27.8 Å². The van der Waals surface area contributed by atoms with Crippen molar-refractivity contribution in [2.24, 2.45) is 13.0 Å². The van der Waals surface area contributed by atoms with Gasteiger partial charge in [0.25, 0.3) is 0 Å². The largest absolute Gasteiger partial charge is 0.444 e. The Hall–Kier alpha value is -1.63. The molecule has 2 aliphatic rings. The lowest BCUT2D eigenvalue weighted by molar-refractivity contribution is 0.0248. The van der Waals surface area contributed by atoms with Crippen LogP contribution in [0.2, 0.25) is 0 Å². The minimum absolute atomic E-state index is 0.230. The summed E-state index contributed by atoms with van der Waals surface area (Å²) in [6, 6.07) is 0. The Balaban J connectivity index is 1.43. The van der Waals surface area contributed by atoms with E-state index in [4.69, 9.17) is 4.74 Å². The molecule has 2 fully saturated rings. The van der Waals surface area contributed by atoms with E-state index in [0.29, 0.717) is 11.8 Å². The van der Waals surface area contributed by atoms with Gasteiger partial charge in [-0.25, -0.2) is 4.79 Å². The van der Waals surface area contributed by atoms with Crippen LogP contribution >= 0.6 is 0 Å². The Morgan fingerprint density at radius 1 is 1.19 bits per heavy atom. The van der Waals surface area contributed by atoms with Crippen LogP contribution < -0.4 is 0 Å². The van der Waals surface area contributed by atoms with Gasteiger partial charge in [0.15, 0.2) is 0 Å². The highest BCUT2D eigenvalue weighted by atomic mass is 16.6. The summed E-state index contributed by atoms with van der Waals surface area (Å²) in [5.74, 6) is 3.38. The molecule has 0 radical (unpaired) electrons. The molecule has 1 amide bonds. The molecule has 1 aromatic heterocycles. The molecule has 3 rings (SSSR count). The second kappa shape index (κ2) is 7.55. The Morgan fingerprint density at radius 3 is 2.42 bits per heavy atom. The van der Waals surface area contributed by atoms with Crippen molar-refractivity contribution >= 4 is 6.09 Å². The van der Waals surface area contributed by atoms with Gasteiger partial charge in [0.2, 0.25) is 0 Å². The summed E-state index contributed by atoms with van der Waals surface area (Å²) >= 11 is 0. The summed E-state index contributed by atoms with van der Waals surface area (Å²) in [4.78, 5) is 16.3. The number of hydrogen-bond donors (Lipinski definition) is 0. The van der Waals surface area contributed by atoms with Crippen LogP contribution in [0.15, 0.2) is 0 Å². The van der Waals surface area contributed by atoms with Crippen LogP contribution in [0.5, 0.6) is 0 Å². The monoisotopic (exact) mass is 363 g/mol. The van der Waals surface area contributed by atoms with Crippen molar-refractivity contribution in [1.82, 2.24) is 24.6 Å². The van der Waals surface area contributed by atoms with Gasteiger partial charge in [-0.2, -0.15) is 0 Å². The molecule has 1 saturated heterocycles. The number of piperidine rings is 1. The third-order valence-electron chi connectivity index (χ3n) is 5.25. The molecular weight excluding hydrogens is 330 g/mol. The van der Waals surface area contributed by atoms with Crippen LogP contribution in [0, 0.1) is 5.92 Å². The minimum atomic E-state index is -0.440. The maximum atomic E-state index is 12.1. The third-order valence-corrected chi connectivity index (χ3v) is 5.25. The molecule has 7 heteroatoms. The number of hydrogen-bond acceptors (Lipinski definition) is 5. The van der Waals surface area contributed by atoms with E-state index in [0.717, 1.165) is 50.7 Å². The lowest BCUT2D eigenvalue weighted by atomic mass is 9.96. The predicted octanol–water partition coefficient (Wildman–Crippen LogP) is 2.77. The van der Waals surface area contributed by atoms with Crippen LogP contribution in [0.3, 0.4) is 0 Å². The van der Waals surface area contributed by atoms with E-state index >= 15 is 0 Å². The lowest BCUT2D eigenvalue weighted by Gasteiger charge is -2.34. The van der Waals surface area contributed by atoms with Gasteiger partial charge >= 0.3 is 6.09 Å². The van der Waals surface area contributed by atoms with Crippen molar-refractivity contribution < 1.29 is 9.53 Å². The predicted molar refractivity (Wildman–Crippen MR) is 99.8 cm³/mol. The lowest BCUT2D eigenvalue weighted by Crippen LogP contribution is -2.41. The van der Waals surface area contributed by atoms with E-state index in [1.54, 1.807) is 4.90 Å². The van der Waals surface area contributed by atoms with Gasteiger partial charge in [0.05, 0.1) is 6.54 Å². The van der Waals surface area contributed by atoms with Crippen molar-refractivity contribution in [1.29, 1.82) is 0 Å². The fourth-order valence-corrected chi connectivity index (χ4v) is 3.54. The molecule has 0 atom stereocenters. The molecular formula is C19H33N5O2. The van der Waals surface area contributed by atoms with Crippen molar-refractivity contribution in [2.75, 3.05) is 26.7 Å². The molecule has 0 unspecified atom stereocenters. The van der Waals surface area contributed by atoms with Crippen molar-refractivity contribution in [3.63, 3.8) is 0 Å². The van der Waals surface area contributed by atoms with Crippen molar-refractivity contribution in [3.05, 3.63) is 11.6 Å². The highest BCUT2D eigenvalue weighted by molar-refractivity contribution is 5.67. The van der Waals surface area contributed by atoms with Crippen LogP contribution in [-0.2, 0) is 18.3 Å². The van der Waals surface area contributed by atoms with Gasteiger partial charge in [-0.3, -0.25) is 4.90 Å². The zero-order chi connectivity index (χ0) is 18.9. The summed E-state index contributed by atoms with van der Waals surface area (Å²) in [5, 5.41) is 8.77. The summed E-state index contributed by atoms with van der Waals surface area (Å²) < 4.78 is 7.62. The Morgan fingerprint density at radius 2 is 1.85 bits per heavy atom. The second-order valence-corrected chi connectivity index (χ2v) is 8.89. The molecule has 2 heterocycles. The molecule has 1 saturated carbocycles. The van der Waals surface area contributed by atoms with Crippen LogP contribution in [0.1, 0.15) is 64.0 Å². The van der Waals surface area contributed by atoms with Gasteiger partial charge in [0.1, 0.15) is 17.2 Å². The van der Waals surface area contributed by atoms with E-state index in [-0.39, 0.29) is 6.09 Å². The number of likely N-dealkylation sites (tertiary alicyclic amines) is 1. The summed E-state index contributed by atoms with van der Waals surface area (Å²) in [5.41, 5.74) is -0.440. The molecule has 7 nitrogen and oxygen atoms in total. The number of carbonyl (C=O) groups excluding carboxylic acids is 1. The fraction of sp³-hybridized carbons (Fsp3) is 0.842. The highest BCUT2D eigenvalue weighted by Crippen LogP contribution is 2.38. The summed E-state index contributed by atoms with van der Waals surface area (Å²) in [6.07, 6.45) is 4.47. The first kappa shape index (κ1) is 19.1. The van der Waals surface area contributed by atoms with Crippen molar-refractivity contribution in [2.45, 2.75) is 64.5 Å². The zero-order valence-electron chi connectivity index (χ0n) is 16.9. The normalized spacial score (nSPS) is 19.6. The first-order valence-electron chi connectivity index (χ1n) is 9.77. The molecule has 1 aliphatic heterocycles. The van der Waals surface area contributed by atoms with E-state index < -0.39 is 5.60 Å². The molecule has 1 aromatic rings. The maximum absolute atomic E-state index is 12.1. The van der Waals surface area contributed by atoms with Gasteiger partial charge in [-0.1, -0.05) is 0 Å². The highest BCUT2D eigenvalue weighted by Gasteiger charge is 2.30. The first-order valence-corrected chi connectivity index (χ1v) is 9.77. The van der Waals surface area contributed by atoms with Crippen LogP contribution in [0.25, 0.3) is 0 Å². The average Bonchev–Trinajstić information content (AvgIpc) is 3.33. The molecule has 26 heavy (non-hydrogen) atoms. The van der Waals surface area contributed by atoms with Gasteiger partial charge in [-0.15, -0.1) is 10.2 Å². The Bertz CT molecular complexity index is 624. The SMILES string of the molecule is CN(CC1CCN(Cc2nnc(C3CC3)n2C)CC1)C(=O)OC(C)(C)C. The second-order valence-electron chi connectivity index (χ2n) is 8.89. The zero-order valence-corrected chi connectivity index (χ0v) is 16.9. The van der Waals surface area contributed by atoms with Crippen molar-refractivity contribution in [3.8, 4) is 0 Å². The molecule has 0 bridgehead atoms. The maximum Gasteiger partial charge on any atom is 0.410 e. The number of carbonyl (C=O) groups is 1. The molecule has 0 aromatic carbocycles. The Kier molecular flexibility index (Phi) is 5.55. The molecule has 146 valence electrons. The van der Waals surface area contributed by atoms with Gasteiger partial charge in [-0.05, 0) is 65.5 Å². The molecule has 1 aliphatic carbocycles. The average molecular weight is 364 g/mol. The molecule has 0 spiro atoms. The topological polar surface area (TPSA) is 63.5 Å². The standard InChI is InChI=1S/C19H33N5O2/c1-19(2,3)26-18(25)22(4)12-14-8-10-24(11-9-14)13-16-20-21-17(23(16)5)15-6-7-15/h14-15H,6-13H2,1-5H3. The number of aromatic nitrogens is 3. The number of ether oxygens (including phenoxy) is 1.